The minimum absolute atomic E-state index is 0. The first kappa shape index (κ1) is 70.3. The maximum Gasteiger partial charge on any atom is 2.00 e. The molecule has 0 bridgehead atoms. The van der Waals surface area contributed by atoms with E-state index < -0.39 is 17.9 Å². The molecule has 0 amide bonds. The van der Waals surface area contributed by atoms with Crippen LogP contribution in [-0.4, -0.2) is 17.9 Å². The van der Waals surface area contributed by atoms with Crippen molar-refractivity contribution in [2.45, 2.75) is 329 Å². The van der Waals surface area contributed by atoms with E-state index in [0.29, 0.717) is 0 Å². The van der Waals surface area contributed by atoms with Gasteiger partial charge in [-0.2, -0.15) is 0 Å². The fraction of sp³-hybridized carbons (Fsp3) is 0.944. The van der Waals surface area contributed by atoms with Crippen LogP contribution in [0.25, 0.3) is 0 Å². The van der Waals surface area contributed by atoms with Gasteiger partial charge in [-0.1, -0.05) is 290 Å². The zero-order valence-electron chi connectivity index (χ0n) is 42.0. The van der Waals surface area contributed by atoms with Gasteiger partial charge in [0.25, 0.3) is 0 Å². The van der Waals surface area contributed by atoms with E-state index in [1.165, 1.54) is 250 Å². The number of unbranched alkanes of at least 4 members (excludes halogenated alkanes) is 42. The number of rotatable bonds is 48. The number of carbonyl (C=O) groups is 3. The molecule has 0 aromatic heterocycles. The molecule has 368 valence electrons. The molecule has 0 radical (unpaired) electrons. The van der Waals surface area contributed by atoms with Crippen molar-refractivity contribution in [3.8, 4) is 0 Å². The van der Waals surface area contributed by atoms with Crippen molar-refractivity contribution >= 4 is 17.9 Å². The van der Waals surface area contributed by atoms with Gasteiger partial charge >= 0.3 is 19.5 Å². The van der Waals surface area contributed by atoms with E-state index >= 15 is 0 Å². The molecule has 62 heavy (non-hydrogen) atoms. The molecule has 0 aromatic carbocycles. The van der Waals surface area contributed by atoms with Crippen LogP contribution in [0.15, 0.2) is 0 Å². The van der Waals surface area contributed by atoms with Gasteiger partial charge in [0, 0.05) is 17.9 Å². The molecule has 0 fully saturated rings. The van der Waals surface area contributed by atoms with Gasteiger partial charge in [0.15, 0.2) is 0 Å². The molecule has 0 aliphatic carbocycles. The molecule has 0 spiro atoms. The summed E-state index contributed by atoms with van der Waals surface area (Å²) < 4.78 is 0. The van der Waals surface area contributed by atoms with Gasteiger partial charge in [0.05, 0.1) is 12.4 Å². The molecule has 0 unspecified atom stereocenters. The molecule has 0 saturated heterocycles. The second kappa shape index (κ2) is 66.9. The van der Waals surface area contributed by atoms with Gasteiger partial charge in [-0.25, -0.2) is 0 Å². The van der Waals surface area contributed by atoms with Crippen LogP contribution in [0.5, 0.6) is 0 Å². The van der Waals surface area contributed by atoms with Crippen LogP contribution in [0.4, 0.5) is 0 Å². The summed E-state index contributed by atoms with van der Waals surface area (Å²) in [4.78, 5) is 30.7. The van der Waals surface area contributed by atoms with Crippen molar-refractivity contribution in [2.24, 2.45) is 0 Å². The Hall–Kier alpha value is -0.677. The quantitative estimate of drug-likeness (QED) is 0.0442. The zero-order chi connectivity index (χ0) is 44.7. The van der Waals surface area contributed by atoms with E-state index in [-0.39, 0.29) is 51.1 Å². The van der Waals surface area contributed by atoms with E-state index in [0.717, 1.165) is 38.5 Å². The minimum Gasteiger partial charge on any atom is -0.550 e. The molecule has 0 aromatic rings. The van der Waals surface area contributed by atoms with Crippen molar-refractivity contribution in [2.75, 3.05) is 0 Å². The van der Waals surface area contributed by atoms with Gasteiger partial charge in [0.1, 0.15) is 0 Å². The summed E-state index contributed by atoms with van der Waals surface area (Å²) in [5.41, 5.74) is 0. The van der Waals surface area contributed by atoms with Crippen molar-refractivity contribution in [1.29, 1.82) is 0 Å². The Morgan fingerprint density at radius 2 is 0.323 bits per heavy atom. The average Bonchev–Trinajstić information content (AvgIpc) is 3.22. The van der Waals surface area contributed by atoms with Crippen LogP contribution < -0.4 is 15.3 Å². The Balaban J connectivity index is -0.000000258. The summed E-state index contributed by atoms with van der Waals surface area (Å²) in [6.45, 7) is 6.80. The smallest absolute Gasteiger partial charge is 0.550 e. The van der Waals surface area contributed by atoms with Gasteiger partial charge < -0.3 is 29.7 Å². The zero-order valence-corrected chi connectivity index (χ0v) is 45.9. The monoisotopic (exact) mass is 951 g/mol. The number of carboxylic acids is 3. The van der Waals surface area contributed by atoms with Crippen molar-refractivity contribution in [1.82, 2.24) is 0 Å². The normalized spacial score (nSPS) is 10.5. The molecule has 0 rings (SSSR count). The van der Waals surface area contributed by atoms with Crippen LogP contribution in [0.3, 0.4) is 0 Å². The molecule has 0 heterocycles. The van der Waals surface area contributed by atoms with E-state index in [1.54, 1.807) is 0 Å². The number of hydrogen-bond acceptors (Lipinski definition) is 6. The van der Waals surface area contributed by atoms with E-state index in [4.69, 9.17) is 0 Å². The molecular formula is C54H107ClO6Zn. The maximum atomic E-state index is 10.2. The van der Waals surface area contributed by atoms with Crippen molar-refractivity contribution in [3.63, 3.8) is 0 Å². The summed E-state index contributed by atoms with van der Waals surface area (Å²) in [5, 5.41) is 30.7. The van der Waals surface area contributed by atoms with Crippen molar-refractivity contribution in [3.05, 3.63) is 0 Å². The standard InChI is InChI=1S/3C18H36O2.ClH2.Zn/c3*1-2-3-4-5-6-7-8-9-10-11-12-13-14-15-16-17-18(19)20;;/h3*2-17H2,1H3,(H,19,20);1H2;/q;;;+1;+2/p-3. The summed E-state index contributed by atoms with van der Waals surface area (Å²) in [5.74, 6) is -2.71. The maximum absolute atomic E-state index is 10.2. The number of halogens is 1. The molecule has 8 heteroatoms. The topological polar surface area (TPSA) is 120 Å². The van der Waals surface area contributed by atoms with Gasteiger partial charge in [-0.15, -0.1) is 0 Å². The largest absolute Gasteiger partial charge is 2.00 e. The Kier molecular flexibility index (Phi) is 75.9. The number of aliphatic carboxylic acids is 3. The average molecular weight is 953 g/mol. The summed E-state index contributed by atoms with van der Waals surface area (Å²) in [6.07, 6.45) is 59.6. The van der Waals surface area contributed by atoms with E-state index in [9.17, 15) is 29.7 Å². The fourth-order valence-electron chi connectivity index (χ4n) is 7.92. The van der Waals surface area contributed by atoms with E-state index in [1.807, 2.05) is 0 Å². The molecule has 0 N–H and O–H groups in total. The Morgan fingerprint density at radius 1 is 0.226 bits per heavy atom. The van der Waals surface area contributed by atoms with Crippen LogP contribution >= 0.6 is 0 Å². The first-order valence-electron chi connectivity index (χ1n) is 26.9. The summed E-state index contributed by atoms with van der Waals surface area (Å²) in [6, 6.07) is 0. The summed E-state index contributed by atoms with van der Waals surface area (Å²) >= 11 is 0. The third-order valence-corrected chi connectivity index (χ3v) is 12.0. The number of carbonyl (C=O) groups excluding carboxylic acids is 3. The predicted molar refractivity (Wildman–Crippen MR) is 256 cm³/mol. The van der Waals surface area contributed by atoms with Crippen molar-refractivity contribution < 1.29 is 61.6 Å². The van der Waals surface area contributed by atoms with Crippen LogP contribution in [0, 0.1) is 12.4 Å². The third-order valence-electron chi connectivity index (χ3n) is 12.0. The second-order valence-corrected chi connectivity index (χ2v) is 18.2. The first-order valence-corrected chi connectivity index (χ1v) is 26.9. The van der Waals surface area contributed by atoms with Gasteiger partial charge in [-0.05, 0) is 38.5 Å². The molecule has 0 saturated carbocycles. The number of carboxylic acid groups (broad SMARTS) is 3. The molecule has 0 aliphatic rings. The fourth-order valence-corrected chi connectivity index (χ4v) is 7.92. The molecule has 6 nitrogen and oxygen atoms in total. The molecule has 0 atom stereocenters. The van der Waals surface area contributed by atoms with Gasteiger partial charge in [-0.3, -0.25) is 0 Å². The summed E-state index contributed by atoms with van der Waals surface area (Å²) in [7, 11) is 0. The first-order chi connectivity index (χ1) is 29.3. The van der Waals surface area contributed by atoms with Crippen LogP contribution in [0.1, 0.15) is 329 Å². The Bertz CT molecular complexity index is 724. The van der Waals surface area contributed by atoms with Gasteiger partial charge in [0.2, 0.25) is 0 Å². The minimum atomic E-state index is -0.903. The third kappa shape index (κ3) is 79.7. The van der Waals surface area contributed by atoms with Crippen LogP contribution in [0.2, 0.25) is 0 Å². The second-order valence-electron chi connectivity index (χ2n) is 18.2. The van der Waals surface area contributed by atoms with E-state index in [2.05, 4.69) is 20.8 Å². The SMILES string of the molecule is CCCCCCCCCCCCCCCCCC(=O)[O-].CCCCCCCCCCCCCCCCCC(=O)[O-].CCCCCCCCCCCCCCCCCC(=O)[O-].[ClH2+].[Zn+2]. The van der Waals surface area contributed by atoms with Crippen LogP contribution in [-0.2, 0) is 33.9 Å². The number of hydrogen-bond donors (Lipinski definition) is 0. The Morgan fingerprint density at radius 3 is 0.419 bits per heavy atom. The molecule has 0 aliphatic heterocycles. The molecular weight excluding hydrogens is 845 g/mol. The Labute approximate surface area is 406 Å². The predicted octanol–water partition coefficient (Wildman–Crippen LogP) is 14.5.